The third-order valence-corrected chi connectivity index (χ3v) is 6.35. The number of nitrogens with zero attached hydrogens (tertiary/aromatic N) is 1. The fourth-order valence-corrected chi connectivity index (χ4v) is 4.48. The maximum atomic E-state index is 13.4. The van der Waals surface area contributed by atoms with Crippen molar-refractivity contribution < 1.29 is 19.0 Å². The van der Waals surface area contributed by atoms with Gasteiger partial charge < -0.3 is 24.4 Å². The van der Waals surface area contributed by atoms with Crippen LogP contribution >= 0.6 is 12.4 Å². The quantitative estimate of drug-likeness (QED) is 0.326. The standard InChI is InChI=1S/C26H44N2O4.ClH/c1-5-6-7-8-9-10-11-12-13-14-15-21-22(26(29)28-18-16-27-17-19-28)20-23(30-2)25(32-4)24(21)31-3;/h20,27H,5-19H2,1-4H3;1H. The fourth-order valence-electron chi connectivity index (χ4n) is 4.48. The van der Waals surface area contributed by atoms with Gasteiger partial charge >= 0.3 is 0 Å². The molecular weight excluding hydrogens is 440 g/mol. The summed E-state index contributed by atoms with van der Waals surface area (Å²) in [5.74, 6) is 1.78. The third kappa shape index (κ3) is 8.90. The third-order valence-electron chi connectivity index (χ3n) is 6.35. The highest BCUT2D eigenvalue weighted by molar-refractivity contribution is 5.97. The zero-order valence-corrected chi connectivity index (χ0v) is 22.0. The predicted molar refractivity (Wildman–Crippen MR) is 138 cm³/mol. The molecule has 0 atom stereocenters. The van der Waals surface area contributed by atoms with Crippen LogP contribution in [0.25, 0.3) is 0 Å². The lowest BCUT2D eigenvalue weighted by atomic mass is 9.97. The molecule has 0 unspecified atom stereocenters. The largest absolute Gasteiger partial charge is 0.493 e. The predicted octanol–water partition coefficient (Wildman–Crippen LogP) is 5.64. The van der Waals surface area contributed by atoms with Crippen molar-refractivity contribution in [3.8, 4) is 17.2 Å². The molecule has 6 nitrogen and oxygen atoms in total. The molecule has 0 radical (unpaired) electrons. The fraction of sp³-hybridized carbons (Fsp3) is 0.731. The second kappa shape index (κ2) is 16.9. The van der Waals surface area contributed by atoms with Crippen LogP contribution in [0.5, 0.6) is 17.2 Å². The molecule has 0 aromatic heterocycles. The first-order valence-corrected chi connectivity index (χ1v) is 12.5. The lowest BCUT2D eigenvalue weighted by molar-refractivity contribution is 0.0733. The first-order valence-electron chi connectivity index (χ1n) is 12.5. The molecule has 0 aliphatic carbocycles. The van der Waals surface area contributed by atoms with Gasteiger partial charge in [0.05, 0.1) is 26.9 Å². The number of benzene rings is 1. The Kier molecular flexibility index (Phi) is 15.0. The number of halogens is 1. The van der Waals surface area contributed by atoms with E-state index in [9.17, 15) is 4.79 Å². The van der Waals surface area contributed by atoms with Crippen LogP contribution in [0.4, 0.5) is 0 Å². The van der Waals surface area contributed by atoms with Crippen molar-refractivity contribution >= 4 is 18.3 Å². The van der Waals surface area contributed by atoms with Gasteiger partial charge in [0.25, 0.3) is 5.91 Å². The number of ether oxygens (including phenoxy) is 3. The van der Waals surface area contributed by atoms with E-state index in [1.54, 1.807) is 21.3 Å². The molecule has 1 aromatic carbocycles. The Balaban J connectivity index is 0.00000544. The summed E-state index contributed by atoms with van der Waals surface area (Å²) in [6.45, 7) is 5.34. The number of amides is 1. The van der Waals surface area contributed by atoms with Crippen molar-refractivity contribution in [3.05, 3.63) is 17.2 Å². The van der Waals surface area contributed by atoms with E-state index in [0.29, 0.717) is 35.9 Å². The molecule has 1 heterocycles. The number of piperazine rings is 1. The number of rotatable bonds is 15. The second-order valence-corrected chi connectivity index (χ2v) is 8.65. The lowest BCUT2D eigenvalue weighted by Gasteiger charge is -2.29. The van der Waals surface area contributed by atoms with Gasteiger partial charge in [0, 0.05) is 31.7 Å². The minimum atomic E-state index is 0. The van der Waals surface area contributed by atoms with E-state index >= 15 is 0 Å². The molecule has 0 spiro atoms. The summed E-state index contributed by atoms with van der Waals surface area (Å²) in [4.78, 5) is 15.3. The Labute approximate surface area is 207 Å². The molecule has 0 saturated carbocycles. The highest BCUT2D eigenvalue weighted by atomic mass is 35.5. The molecule has 1 amide bonds. The van der Waals surface area contributed by atoms with Crippen molar-refractivity contribution in [2.24, 2.45) is 0 Å². The van der Waals surface area contributed by atoms with E-state index in [1.165, 1.54) is 51.4 Å². The number of hydrogen-bond donors (Lipinski definition) is 1. The molecular formula is C26H45ClN2O4. The molecule has 33 heavy (non-hydrogen) atoms. The number of unbranched alkanes of at least 4 members (excludes halogenated alkanes) is 9. The summed E-state index contributed by atoms with van der Waals surface area (Å²) in [5, 5.41) is 3.31. The van der Waals surface area contributed by atoms with E-state index < -0.39 is 0 Å². The van der Waals surface area contributed by atoms with Gasteiger partial charge in [-0.2, -0.15) is 0 Å². The first-order chi connectivity index (χ1) is 15.7. The zero-order chi connectivity index (χ0) is 23.2. The maximum absolute atomic E-state index is 13.4. The van der Waals surface area contributed by atoms with E-state index in [4.69, 9.17) is 14.2 Å². The van der Waals surface area contributed by atoms with Crippen LogP contribution in [0.2, 0.25) is 0 Å². The summed E-state index contributed by atoms with van der Waals surface area (Å²) in [7, 11) is 4.85. The monoisotopic (exact) mass is 484 g/mol. The van der Waals surface area contributed by atoms with Crippen molar-refractivity contribution in [1.29, 1.82) is 0 Å². The van der Waals surface area contributed by atoms with E-state index in [-0.39, 0.29) is 18.3 Å². The number of carbonyl (C=O) groups excluding carboxylic acids is 1. The minimum Gasteiger partial charge on any atom is -0.493 e. The van der Waals surface area contributed by atoms with E-state index in [1.807, 2.05) is 11.0 Å². The molecule has 1 aromatic rings. The summed E-state index contributed by atoms with van der Waals surface area (Å²) in [5.41, 5.74) is 1.62. The van der Waals surface area contributed by atoms with E-state index in [0.717, 1.165) is 37.9 Å². The lowest BCUT2D eigenvalue weighted by Crippen LogP contribution is -2.46. The number of nitrogens with one attached hydrogen (secondary N) is 1. The summed E-state index contributed by atoms with van der Waals surface area (Å²) >= 11 is 0. The molecule has 190 valence electrons. The maximum Gasteiger partial charge on any atom is 0.254 e. The topological polar surface area (TPSA) is 60.0 Å². The Bertz CT molecular complexity index is 693. The highest BCUT2D eigenvalue weighted by Crippen LogP contribution is 2.43. The smallest absolute Gasteiger partial charge is 0.254 e. The van der Waals surface area contributed by atoms with Crippen molar-refractivity contribution in [2.45, 2.75) is 77.6 Å². The number of carbonyl (C=O) groups is 1. The van der Waals surface area contributed by atoms with Gasteiger partial charge in [-0.1, -0.05) is 64.7 Å². The van der Waals surface area contributed by atoms with Crippen LogP contribution in [0.15, 0.2) is 6.07 Å². The van der Waals surface area contributed by atoms with Gasteiger partial charge in [0.2, 0.25) is 5.75 Å². The number of methoxy groups -OCH3 is 3. The van der Waals surface area contributed by atoms with Crippen LogP contribution in [0.3, 0.4) is 0 Å². The number of hydrogen-bond acceptors (Lipinski definition) is 5. The van der Waals surface area contributed by atoms with Crippen LogP contribution in [-0.2, 0) is 6.42 Å². The Hall–Kier alpha value is -1.66. The van der Waals surface area contributed by atoms with Gasteiger partial charge in [-0.25, -0.2) is 0 Å². The van der Waals surface area contributed by atoms with Crippen molar-refractivity contribution in [2.75, 3.05) is 47.5 Å². The van der Waals surface area contributed by atoms with Gasteiger partial charge in [-0.15, -0.1) is 12.4 Å². The van der Waals surface area contributed by atoms with Crippen molar-refractivity contribution in [1.82, 2.24) is 10.2 Å². The molecule has 1 saturated heterocycles. The van der Waals surface area contributed by atoms with E-state index in [2.05, 4.69) is 12.2 Å². The average Bonchev–Trinajstić information content (AvgIpc) is 2.84. The second-order valence-electron chi connectivity index (χ2n) is 8.65. The average molecular weight is 485 g/mol. The normalized spacial score (nSPS) is 13.4. The van der Waals surface area contributed by atoms with Gasteiger partial charge in [-0.05, 0) is 18.9 Å². The molecule has 7 heteroatoms. The van der Waals surface area contributed by atoms with Crippen molar-refractivity contribution in [3.63, 3.8) is 0 Å². The molecule has 1 N–H and O–H groups in total. The molecule has 1 aliphatic heterocycles. The summed E-state index contributed by atoms with van der Waals surface area (Å²) in [6.07, 6.45) is 13.6. The summed E-state index contributed by atoms with van der Waals surface area (Å²) in [6, 6.07) is 1.83. The highest BCUT2D eigenvalue weighted by Gasteiger charge is 2.27. The first kappa shape index (κ1) is 29.4. The van der Waals surface area contributed by atoms with Crippen LogP contribution in [-0.4, -0.2) is 58.3 Å². The van der Waals surface area contributed by atoms with Crippen LogP contribution in [0, 0.1) is 0 Å². The Morgan fingerprint density at radius 2 is 1.39 bits per heavy atom. The molecule has 0 bridgehead atoms. The van der Waals surface area contributed by atoms with Gasteiger partial charge in [0.1, 0.15) is 0 Å². The molecule has 1 aliphatic rings. The Morgan fingerprint density at radius 3 is 1.91 bits per heavy atom. The molecule has 2 rings (SSSR count). The minimum absolute atomic E-state index is 0. The summed E-state index contributed by atoms with van der Waals surface area (Å²) < 4.78 is 16.9. The van der Waals surface area contributed by atoms with Gasteiger partial charge in [0.15, 0.2) is 11.5 Å². The van der Waals surface area contributed by atoms with Crippen LogP contribution in [0.1, 0.15) is 87.1 Å². The Morgan fingerprint density at radius 1 is 0.848 bits per heavy atom. The molecule has 1 fully saturated rings. The van der Waals surface area contributed by atoms with Gasteiger partial charge in [-0.3, -0.25) is 4.79 Å². The van der Waals surface area contributed by atoms with Crippen LogP contribution < -0.4 is 19.5 Å². The SMILES string of the molecule is CCCCCCCCCCCCc1c(C(=O)N2CCNCC2)cc(OC)c(OC)c1OC.Cl. The zero-order valence-electron chi connectivity index (χ0n) is 21.2.